The molecule has 0 bridgehead atoms. The zero-order valence-corrected chi connectivity index (χ0v) is 16.7. The molecule has 1 amide bonds. The van der Waals surface area contributed by atoms with Crippen LogP contribution in [0.1, 0.15) is 46.8 Å². The first-order valence-electron chi connectivity index (χ1n) is 9.28. The molecule has 0 unspecified atom stereocenters. The number of amides is 1. The van der Waals surface area contributed by atoms with Gasteiger partial charge < -0.3 is 14.8 Å². The molecule has 0 radical (unpaired) electrons. The molecule has 1 aromatic carbocycles. The second-order valence-corrected chi connectivity index (χ2v) is 7.95. The molecule has 0 saturated carbocycles. The highest BCUT2D eigenvalue weighted by atomic mass is 32.1. The van der Waals surface area contributed by atoms with Crippen molar-refractivity contribution in [2.45, 2.75) is 45.6 Å². The monoisotopic (exact) mass is 387 g/mol. The molecule has 0 saturated heterocycles. The summed E-state index contributed by atoms with van der Waals surface area (Å²) in [6.07, 6.45) is 3.49. The van der Waals surface area contributed by atoms with Crippen LogP contribution in [0.3, 0.4) is 0 Å². The van der Waals surface area contributed by atoms with Crippen LogP contribution in [0.25, 0.3) is 0 Å². The Morgan fingerprint density at radius 1 is 1.33 bits per heavy atom. The Morgan fingerprint density at radius 2 is 2.11 bits per heavy atom. The van der Waals surface area contributed by atoms with Crippen LogP contribution in [0.5, 0.6) is 5.75 Å². The SMILES string of the molecule is CC[C@H]1CCc2sc(C(=O)O[C@H](C)C(=O)Nc3ccccc3OC)cc2C1. The number of hydrogen-bond donors (Lipinski definition) is 1. The first-order valence-corrected chi connectivity index (χ1v) is 10.1. The van der Waals surface area contributed by atoms with Crippen LogP contribution in [-0.2, 0) is 22.4 Å². The molecule has 2 atom stereocenters. The van der Waals surface area contributed by atoms with Crippen molar-refractivity contribution in [2.24, 2.45) is 5.92 Å². The summed E-state index contributed by atoms with van der Waals surface area (Å²) in [4.78, 5) is 26.7. The summed E-state index contributed by atoms with van der Waals surface area (Å²) in [7, 11) is 1.54. The first-order chi connectivity index (χ1) is 13.0. The number of aryl methyl sites for hydroxylation is 1. The number of anilines is 1. The van der Waals surface area contributed by atoms with E-state index >= 15 is 0 Å². The van der Waals surface area contributed by atoms with E-state index in [4.69, 9.17) is 9.47 Å². The fourth-order valence-electron chi connectivity index (χ4n) is 3.30. The average molecular weight is 388 g/mol. The Morgan fingerprint density at radius 3 is 2.85 bits per heavy atom. The summed E-state index contributed by atoms with van der Waals surface area (Å²) in [6.45, 7) is 3.78. The third-order valence-corrected chi connectivity index (χ3v) is 6.20. The fraction of sp³-hybridized carbons (Fsp3) is 0.429. The highest BCUT2D eigenvalue weighted by molar-refractivity contribution is 7.14. The zero-order chi connectivity index (χ0) is 19.4. The number of methoxy groups -OCH3 is 1. The molecule has 0 spiro atoms. The van der Waals surface area contributed by atoms with Crippen LogP contribution in [0.2, 0.25) is 0 Å². The van der Waals surface area contributed by atoms with E-state index in [1.807, 2.05) is 12.1 Å². The standard InChI is InChI=1S/C21H25NO4S/c1-4-14-9-10-18-15(11-14)12-19(27-18)21(24)26-13(2)20(23)22-16-7-5-6-8-17(16)25-3/h5-8,12-14H,4,9-11H2,1-3H3,(H,22,23)/t13-,14+/m1/s1. The summed E-state index contributed by atoms with van der Waals surface area (Å²) in [5, 5.41) is 2.74. The number of carbonyl (C=O) groups is 2. The van der Waals surface area contributed by atoms with Gasteiger partial charge >= 0.3 is 5.97 Å². The van der Waals surface area contributed by atoms with Crippen molar-refractivity contribution in [1.82, 2.24) is 0 Å². The summed E-state index contributed by atoms with van der Waals surface area (Å²) in [5.74, 6) is 0.424. The van der Waals surface area contributed by atoms with E-state index in [0.717, 1.165) is 19.3 Å². The smallest absolute Gasteiger partial charge is 0.349 e. The van der Waals surface area contributed by atoms with Crippen LogP contribution < -0.4 is 10.1 Å². The molecular weight excluding hydrogens is 362 g/mol. The van der Waals surface area contributed by atoms with Gasteiger partial charge in [0.05, 0.1) is 12.8 Å². The second kappa shape index (κ2) is 8.57. The number of esters is 1. The van der Waals surface area contributed by atoms with Gasteiger partial charge in [0.2, 0.25) is 0 Å². The van der Waals surface area contributed by atoms with E-state index in [1.165, 1.54) is 35.3 Å². The van der Waals surface area contributed by atoms with E-state index in [0.29, 0.717) is 22.2 Å². The van der Waals surface area contributed by atoms with E-state index in [2.05, 4.69) is 12.2 Å². The summed E-state index contributed by atoms with van der Waals surface area (Å²) in [5.41, 5.74) is 1.81. The Kier molecular flexibility index (Phi) is 6.16. The number of hydrogen-bond acceptors (Lipinski definition) is 5. The van der Waals surface area contributed by atoms with Crippen molar-refractivity contribution in [3.63, 3.8) is 0 Å². The van der Waals surface area contributed by atoms with Gasteiger partial charge in [-0.1, -0.05) is 25.5 Å². The quantitative estimate of drug-likeness (QED) is 0.744. The van der Waals surface area contributed by atoms with Crippen LogP contribution in [0.15, 0.2) is 30.3 Å². The van der Waals surface area contributed by atoms with Crippen LogP contribution >= 0.6 is 11.3 Å². The number of ether oxygens (including phenoxy) is 2. The number of thiophene rings is 1. The molecule has 1 aromatic heterocycles. The van der Waals surface area contributed by atoms with Gasteiger partial charge in [-0.05, 0) is 55.9 Å². The molecule has 2 aromatic rings. The van der Waals surface area contributed by atoms with E-state index in [-0.39, 0.29) is 5.91 Å². The molecule has 0 aliphatic heterocycles. The lowest BCUT2D eigenvalue weighted by Gasteiger charge is -2.19. The average Bonchev–Trinajstić information content (AvgIpc) is 3.11. The predicted octanol–water partition coefficient (Wildman–Crippen LogP) is 4.46. The Labute approximate surface area is 163 Å². The summed E-state index contributed by atoms with van der Waals surface area (Å²) in [6, 6.07) is 9.05. The second-order valence-electron chi connectivity index (χ2n) is 6.81. The van der Waals surface area contributed by atoms with Crippen molar-refractivity contribution in [2.75, 3.05) is 12.4 Å². The van der Waals surface area contributed by atoms with Gasteiger partial charge in [0.1, 0.15) is 10.6 Å². The van der Waals surface area contributed by atoms with Crippen LogP contribution in [0.4, 0.5) is 5.69 Å². The maximum Gasteiger partial charge on any atom is 0.349 e. The normalized spacial score (nSPS) is 16.9. The zero-order valence-electron chi connectivity index (χ0n) is 15.9. The van der Waals surface area contributed by atoms with Crippen molar-refractivity contribution in [3.05, 3.63) is 45.6 Å². The number of para-hydroxylation sites is 2. The molecule has 6 heteroatoms. The lowest BCUT2D eigenvalue weighted by molar-refractivity contribution is -0.123. The number of benzene rings is 1. The molecule has 1 N–H and O–H groups in total. The number of carbonyl (C=O) groups excluding carboxylic acids is 2. The molecular formula is C21H25NO4S. The third kappa shape index (κ3) is 4.50. The Hall–Kier alpha value is -2.34. The van der Waals surface area contributed by atoms with Crippen molar-refractivity contribution in [3.8, 4) is 5.75 Å². The maximum atomic E-state index is 12.5. The van der Waals surface area contributed by atoms with Crippen molar-refractivity contribution >= 4 is 28.9 Å². The van der Waals surface area contributed by atoms with E-state index in [9.17, 15) is 9.59 Å². The Balaban J connectivity index is 1.62. The van der Waals surface area contributed by atoms with Crippen molar-refractivity contribution < 1.29 is 19.1 Å². The molecule has 1 heterocycles. The van der Waals surface area contributed by atoms with Gasteiger partial charge in [0.25, 0.3) is 5.91 Å². The molecule has 3 rings (SSSR count). The van der Waals surface area contributed by atoms with E-state index < -0.39 is 12.1 Å². The molecule has 0 fully saturated rings. The van der Waals surface area contributed by atoms with Gasteiger partial charge in [-0.15, -0.1) is 11.3 Å². The molecule has 1 aliphatic rings. The molecule has 1 aliphatic carbocycles. The number of nitrogens with one attached hydrogen (secondary N) is 1. The predicted molar refractivity (Wildman–Crippen MR) is 107 cm³/mol. The van der Waals surface area contributed by atoms with Gasteiger partial charge in [-0.2, -0.15) is 0 Å². The van der Waals surface area contributed by atoms with Gasteiger partial charge in [-0.3, -0.25) is 4.79 Å². The number of fused-ring (bicyclic) bond motifs is 1. The van der Waals surface area contributed by atoms with Gasteiger partial charge in [-0.25, -0.2) is 4.79 Å². The summed E-state index contributed by atoms with van der Waals surface area (Å²) < 4.78 is 10.6. The minimum Gasteiger partial charge on any atom is -0.495 e. The topological polar surface area (TPSA) is 64.6 Å². The lowest BCUT2D eigenvalue weighted by atomic mass is 9.87. The minimum atomic E-state index is -0.898. The Bertz CT molecular complexity index is 829. The van der Waals surface area contributed by atoms with Crippen LogP contribution in [0, 0.1) is 5.92 Å². The van der Waals surface area contributed by atoms with Crippen LogP contribution in [-0.4, -0.2) is 25.1 Å². The fourth-order valence-corrected chi connectivity index (χ4v) is 4.39. The third-order valence-electron chi connectivity index (χ3n) is 4.98. The van der Waals surface area contributed by atoms with Gasteiger partial charge in [0, 0.05) is 4.88 Å². The minimum absolute atomic E-state index is 0.389. The van der Waals surface area contributed by atoms with Crippen molar-refractivity contribution in [1.29, 1.82) is 0 Å². The molecule has 5 nitrogen and oxygen atoms in total. The highest BCUT2D eigenvalue weighted by Gasteiger charge is 2.25. The van der Waals surface area contributed by atoms with E-state index in [1.54, 1.807) is 25.1 Å². The molecule has 144 valence electrons. The number of rotatable bonds is 6. The largest absolute Gasteiger partial charge is 0.495 e. The lowest BCUT2D eigenvalue weighted by Crippen LogP contribution is -2.29. The first kappa shape index (κ1) is 19.4. The molecule has 27 heavy (non-hydrogen) atoms. The maximum absolute atomic E-state index is 12.5. The van der Waals surface area contributed by atoms with Gasteiger partial charge in [0.15, 0.2) is 6.10 Å². The summed E-state index contributed by atoms with van der Waals surface area (Å²) >= 11 is 1.49. The highest BCUT2D eigenvalue weighted by Crippen LogP contribution is 2.34.